The van der Waals surface area contributed by atoms with Crippen molar-refractivity contribution in [1.29, 1.82) is 0 Å². The quantitative estimate of drug-likeness (QED) is 0.367. The first-order chi connectivity index (χ1) is 18.5. The Balaban J connectivity index is 1.27. The number of halogens is 1. The summed E-state index contributed by atoms with van der Waals surface area (Å²) in [6.07, 6.45) is 5.93. The molecule has 4 N–H and O–H groups in total. The number of alkyl halides is 1. The number of hydrogen-bond acceptors (Lipinski definition) is 6. The summed E-state index contributed by atoms with van der Waals surface area (Å²) in [6, 6.07) is 4.31. The van der Waals surface area contributed by atoms with E-state index in [9.17, 15) is 23.3 Å². The van der Waals surface area contributed by atoms with Crippen LogP contribution in [-0.4, -0.2) is 69.8 Å². The highest BCUT2D eigenvalue weighted by Gasteiger charge is 2.45. The van der Waals surface area contributed by atoms with Gasteiger partial charge in [-0.1, -0.05) is 6.07 Å². The third-order valence-electron chi connectivity index (χ3n) is 8.09. The average molecular weight is 582 g/mol. The van der Waals surface area contributed by atoms with Gasteiger partial charge in [-0.3, -0.25) is 18.9 Å². The molecule has 13 heteroatoms. The molecular weight excluding hydrogens is 548 g/mol. The number of fused-ring (bicyclic) bond motifs is 2. The third kappa shape index (κ3) is 5.90. The summed E-state index contributed by atoms with van der Waals surface area (Å²) in [7, 11) is -3.29. The number of carbonyl (C=O) groups is 3. The maximum Gasteiger partial charge on any atom is 0.363 e. The van der Waals surface area contributed by atoms with Gasteiger partial charge in [0.05, 0.1) is 11.0 Å². The highest BCUT2D eigenvalue weighted by atomic mass is 32.1. The number of benzene rings is 1. The highest BCUT2D eigenvalue weighted by molar-refractivity contribution is 7.51. The van der Waals surface area contributed by atoms with Crippen molar-refractivity contribution in [2.45, 2.75) is 87.6 Å². The van der Waals surface area contributed by atoms with Gasteiger partial charge in [0.2, 0.25) is 17.7 Å². The SMILES string of the molecule is CO[C@H]1CC[C@@H](NC(=O)[C@@H]2CC[C@@H]3CCC[C@H](NC(=O)c4cc5cc(C(F)P(=O)(O)O)ccc5s4)C(=O)N32)C1. The Hall–Kier alpha value is -2.37. The van der Waals surface area contributed by atoms with Gasteiger partial charge in [0, 0.05) is 23.9 Å². The fraction of sp³-hybridized carbons (Fsp3) is 0.577. The summed E-state index contributed by atoms with van der Waals surface area (Å²) in [4.78, 5) is 60.3. The summed E-state index contributed by atoms with van der Waals surface area (Å²) in [6.45, 7) is 0. The Morgan fingerprint density at radius 3 is 2.64 bits per heavy atom. The van der Waals surface area contributed by atoms with Crippen LogP contribution >= 0.6 is 18.9 Å². The second-order valence-electron chi connectivity index (χ2n) is 10.7. The van der Waals surface area contributed by atoms with E-state index in [1.165, 1.54) is 24.3 Å². The lowest BCUT2D eigenvalue weighted by atomic mass is 10.1. The molecule has 5 rings (SSSR count). The molecule has 3 amide bonds. The van der Waals surface area contributed by atoms with Gasteiger partial charge in [-0.05, 0) is 80.5 Å². The second-order valence-corrected chi connectivity index (χ2v) is 13.4. The molecule has 1 saturated carbocycles. The largest absolute Gasteiger partial charge is 0.381 e. The molecule has 0 spiro atoms. The molecule has 3 fully saturated rings. The smallest absolute Gasteiger partial charge is 0.363 e. The van der Waals surface area contributed by atoms with Crippen molar-refractivity contribution in [2.75, 3.05) is 7.11 Å². The van der Waals surface area contributed by atoms with Crippen LogP contribution < -0.4 is 10.6 Å². The number of methoxy groups -OCH3 is 1. The van der Waals surface area contributed by atoms with E-state index in [-0.39, 0.29) is 35.6 Å². The zero-order chi connectivity index (χ0) is 27.9. The molecule has 3 aliphatic rings. The molecule has 1 aliphatic carbocycles. The molecule has 39 heavy (non-hydrogen) atoms. The van der Waals surface area contributed by atoms with Gasteiger partial charge in [-0.2, -0.15) is 0 Å². The summed E-state index contributed by atoms with van der Waals surface area (Å²) in [5, 5.41) is 6.42. The second kappa shape index (κ2) is 11.2. The number of amides is 3. The van der Waals surface area contributed by atoms with Crippen LogP contribution in [0.2, 0.25) is 0 Å². The summed E-state index contributed by atoms with van der Waals surface area (Å²) < 4.78 is 31.5. The van der Waals surface area contributed by atoms with E-state index in [0.29, 0.717) is 27.8 Å². The van der Waals surface area contributed by atoms with Crippen LogP contribution in [0.1, 0.15) is 72.5 Å². The van der Waals surface area contributed by atoms with Crippen LogP contribution in [0, 0.1) is 0 Å². The Morgan fingerprint density at radius 1 is 1.13 bits per heavy atom. The minimum Gasteiger partial charge on any atom is -0.381 e. The van der Waals surface area contributed by atoms with Crippen LogP contribution in [0.4, 0.5) is 4.39 Å². The highest BCUT2D eigenvalue weighted by Crippen LogP contribution is 2.53. The first-order valence-corrected chi connectivity index (χ1v) is 15.7. The normalized spacial score (nSPS) is 28.3. The lowest BCUT2D eigenvalue weighted by molar-refractivity contribution is -0.141. The molecule has 1 aromatic heterocycles. The lowest BCUT2D eigenvalue weighted by Crippen LogP contribution is -2.55. The van der Waals surface area contributed by atoms with Crippen LogP contribution in [-0.2, 0) is 18.9 Å². The number of rotatable bonds is 7. The number of carbonyl (C=O) groups excluding carboxylic acids is 3. The van der Waals surface area contributed by atoms with Gasteiger partial charge in [-0.15, -0.1) is 11.3 Å². The third-order valence-corrected chi connectivity index (χ3v) is 10.1. The lowest BCUT2D eigenvalue weighted by Gasteiger charge is -2.31. The predicted octanol–water partition coefficient (Wildman–Crippen LogP) is 3.37. The minimum atomic E-state index is -4.96. The first kappa shape index (κ1) is 28.2. The fourth-order valence-corrected chi connectivity index (χ4v) is 7.58. The van der Waals surface area contributed by atoms with Gasteiger partial charge >= 0.3 is 7.60 Å². The van der Waals surface area contributed by atoms with E-state index in [1.807, 2.05) is 0 Å². The van der Waals surface area contributed by atoms with E-state index in [0.717, 1.165) is 49.9 Å². The molecule has 2 saturated heterocycles. The molecule has 2 aromatic rings. The maximum absolute atomic E-state index is 14.2. The van der Waals surface area contributed by atoms with Crippen molar-refractivity contribution < 1.29 is 37.9 Å². The molecule has 212 valence electrons. The van der Waals surface area contributed by atoms with E-state index in [1.54, 1.807) is 12.0 Å². The van der Waals surface area contributed by atoms with E-state index in [4.69, 9.17) is 14.5 Å². The predicted molar refractivity (Wildman–Crippen MR) is 143 cm³/mol. The molecule has 3 heterocycles. The molecular formula is C26H33FN3O7PS. The Bertz CT molecular complexity index is 1320. The minimum absolute atomic E-state index is 0.0296. The van der Waals surface area contributed by atoms with Crippen LogP contribution in [0.15, 0.2) is 24.3 Å². The number of nitrogens with zero attached hydrogens (tertiary/aromatic N) is 1. The van der Waals surface area contributed by atoms with Crippen molar-refractivity contribution in [2.24, 2.45) is 0 Å². The molecule has 1 aromatic carbocycles. The molecule has 0 bridgehead atoms. The average Bonchev–Trinajstić information content (AvgIpc) is 3.62. The number of thiophene rings is 1. The van der Waals surface area contributed by atoms with Crippen LogP contribution in [0.5, 0.6) is 0 Å². The Morgan fingerprint density at radius 2 is 1.92 bits per heavy atom. The Labute approximate surface area is 229 Å². The van der Waals surface area contributed by atoms with Gasteiger partial charge in [0.15, 0.2) is 0 Å². The van der Waals surface area contributed by atoms with Gasteiger partial charge in [0.1, 0.15) is 12.1 Å². The summed E-state index contributed by atoms with van der Waals surface area (Å²) in [5.41, 5.74) is -0.167. The molecule has 1 unspecified atom stereocenters. The standard InChI is InChI=1S/C26H33FN3O7PS/c1-37-18-8-6-16(13-18)28-24(31)20-9-7-17-3-2-4-19(26(33)30(17)20)29-25(32)22-12-15-11-14(5-10-21(15)39-22)23(27)38(34,35)36/h5,10-12,16-20,23H,2-4,6-9,13H2,1H3,(H,28,31)(H,29,32)(H2,34,35,36)/t16-,17+,18+,19+,20+,23?/m1/s1. The van der Waals surface area contributed by atoms with Gasteiger partial charge in [-0.25, -0.2) is 4.39 Å². The number of ether oxygens (including phenoxy) is 1. The van der Waals surface area contributed by atoms with Crippen molar-refractivity contribution in [3.05, 3.63) is 34.7 Å². The summed E-state index contributed by atoms with van der Waals surface area (Å²) in [5.74, 6) is -3.31. The first-order valence-electron chi connectivity index (χ1n) is 13.2. The van der Waals surface area contributed by atoms with Crippen molar-refractivity contribution in [1.82, 2.24) is 15.5 Å². The van der Waals surface area contributed by atoms with Crippen molar-refractivity contribution >= 4 is 46.7 Å². The van der Waals surface area contributed by atoms with Crippen LogP contribution in [0.3, 0.4) is 0 Å². The van der Waals surface area contributed by atoms with E-state index < -0.39 is 31.5 Å². The topological polar surface area (TPSA) is 145 Å². The van der Waals surface area contributed by atoms with Gasteiger partial charge in [0.25, 0.3) is 5.91 Å². The molecule has 10 nitrogen and oxygen atoms in total. The van der Waals surface area contributed by atoms with Crippen molar-refractivity contribution in [3.63, 3.8) is 0 Å². The number of nitrogens with one attached hydrogen (secondary N) is 2. The van der Waals surface area contributed by atoms with E-state index in [2.05, 4.69) is 10.6 Å². The van der Waals surface area contributed by atoms with E-state index >= 15 is 0 Å². The zero-order valence-corrected chi connectivity index (χ0v) is 23.3. The summed E-state index contributed by atoms with van der Waals surface area (Å²) >= 11 is 1.15. The van der Waals surface area contributed by atoms with Crippen LogP contribution in [0.25, 0.3) is 10.1 Å². The van der Waals surface area contributed by atoms with Crippen molar-refractivity contribution in [3.8, 4) is 0 Å². The maximum atomic E-state index is 14.2. The Kier molecular flexibility index (Phi) is 8.13. The molecule has 6 atom stereocenters. The monoisotopic (exact) mass is 581 g/mol. The van der Waals surface area contributed by atoms with Gasteiger partial charge < -0.3 is 30.1 Å². The molecule has 0 radical (unpaired) electrons. The fourth-order valence-electron chi connectivity index (χ4n) is 6.08. The number of hydrogen-bond donors (Lipinski definition) is 4. The molecule has 2 aliphatic heterocycles. The zero-order valence-electron chi connectivity index (χ0n) is 21.5.